The van der Waals surface area contributed by atoms with Gasteiger partial charge in [0.2, 0.25) is 5.88 Å². The minimum atomic E-state index is -3.69. The molecular weight excluding hydrogens is 446 g/mol. The molecular formula is C19H16ClN5O3S2. The lowest BCUT2D eigenvalue weighted by Crippen LogP contribution is -2.11. The Morgan fingerprint density at radius 2 is 1.83 bits per heavy atom. The number of ether oxygens (including phenoxy) is 1. The quantitative estimate of drug-likeness (QED) is 0.451. The number of hydrogen-bond donors (Lipinski definition) is 1. The summed E-state index contributed by atoms with van der Waals surface area (Å²) in [5, 5.41) is 4.40. The van der Waals surface area contributed by atoms with Crippen molar-refractivity contribution in [3.8, 4) is 17.4 Å². The number of nitrogens with one attached hydrogen (secondary N) is 1. The van der Waals surface area contributed by atoms with Crippen LogP contribution < -0.4 is 9.46 Å². The topological polar surface area (TPSA) is 99.0 Å². The molecule has 0 atom stereocenters. The molecule has 0 amide bonds. The minimum absolute atomic E-state index is 0.144. The van der Waals surface area contributed by atoms with E-state index < -0.39 is 10.0 Å². The largest absolute Gasteiger partial charge is 0.439 e. The Labute approximate surface area is 182 Å². The van der Waals surface area contributed by atoms with Gasteiger partial charge >= 0.3 is 0 Å². The number of aromatic nitrogens is 4. The second-order valence-electron chi connectivity index (χ2n) is 6.34. The van der Waals surface area contributed by atoms with Crippen molar-refractivity contribution >= 4 is 38.6 Å². The summed E-state index contributed by atoms with van der Waals surface area (Å²) in [5.41, 5.74) is 2.23. The first-order valence-electron chi connectivity index (χ1n) is 8.72. The second-order valence-corrected chi connectivity index (χ2v) is 9.97. The van der Waals surface area contributed by atoms with Crippen molar-refractivity contribution in [2.75, 3.05) is 4.72 Å². The SMILES string of the molecule is Cc1cc(C)n(-c2cc(Oc3ccc(NS(=O)(=O)c4ccc(Cl)s4)cc3)ncn2)n1. The third kappa shape index (κ3) is 4.45. The zero-order valence-corrected chi connectivity index (χ0v) is 18.3. The van der Waals surface area contributed by atoms with Crippen LogP contribution in [0.2, 0.25) is 4.34 Å². The summed E-state index contributed by atoms with van der Waals surface area (Å²) in [6, 6.07) is 13.1. The minimum Gasteiger partial charge on any atom is -0.439 e. The van der Waals surface area contributed by atoms with Gasteiger partial charge in [0, 0.05) is 17.4 Å². The van der Waals surface area contributed by atoms with E-state index in [9.17, 15) is 8.42 Å². The van der Waals surface area contributed by atoms with E-state index in [1.54, 1.807) is 41.1 Å². The maximum absolute atomic E-state index is 12.4. The van der Waals surface area contributed by atoms with Crippen LogP contribution in [0.5, 0.6) is 11.6 Å². The van der Waals surface area contributed by atoms with Crippen molar-refractivity contribution in [3.05, 3.63) is 70.6 Å². The van der Waals surface area contributed by atoms with Gasteiger partial charge in [-0.25, -0.2) is 23.1 Å². The average Bonchev–Trinajstić information content (AvgIpc) is 3.29. The van der Waals surface area contributed by atoms with Gasteiger partial charge in [-0.15, -0.1) is 11.3 Å². The summed E-state index contributed by atoms with van der Waals surface area (Å²) in [6.45, 7) is 3.84. The summed E-state index contributed by atoms with van der Waals surface area (Å²) in [6.07, 6.45) is 1.40. The zero-order chi connectivity index (χ0) is 21.3. The number of thiophene rings is 1. The first-order chi connectivity index (χ1) is 14.3. The van der Waals surface area contributed by atoms with E-state index >= 15 is 0 Å². The molecule has 0 aliphatic rings. The lowest BCUT2D eigenvalue weighted by atomic mass is 10.3. The third-order valence-corrected chi connectivity index (χ3v) is 7.10. The maximum atomic E-state index is 12.4. The summed E-state index contributed by atoms with van der Waals surface area (Å²) < 4.78 is 35.3. The third-order valence-electron chi connectivity index (χ3n) is 4.00. The van der Waals surface area contributed by atoms with Gasteiger partial charge in [-0.05, 0) is 56.3 Å². The van der Waals surface area contributed by atoms with Crippen molar-refractivity contribution in [1.29, 1.82) is 0 Å². The van der Waals surface area contributed by atoms with Crippen molar-refractivity contribution in [2.24, 2.45) is 0 Å². The zero-order valence-electron chi connectivity index (χ0n) is 15.9. The molecule has 30 heavy (non-hydrogen) atoms. The normalized spacial score (nSPS) is 11.4. The van der Waals surface area contributed by atoms with Gasteiger partial charge in [0.15, 0.2) is 5.82 Å². The molecule has 0 aliphatic heterocycles. The molecule has 3 heterocycles. The summed E-state index contributed by atoms with van der Waals surface area (Å²) in [7, 11) is -3.69. The van der Waals surface area contributed by atoms with Gasteiger partial charge in [0.25, 0.3) is 10.0 Å². The highest BCUT2D eigenvalue weighted by molar-refractivity contribution is 7.94. The van der Waals surface area contributed by atoms with E-state index in [1.807, 2.05) is 19.9 Å². The van der Waals surface area contributed by atoms with Crippen LogP contribution in [-0.4, -0.2) is 28.2 Å². The van der Waals surface area contributed by atoms with Crippen LogP contribution in [0, 0.1) is 13.8 Å². The van der Waals surface area contributed by atoms with Crippen molar-refractivity contribution in [3.63, 3.8) is 0 Å². The first kappa shape index (κ1) is 20.3. The van der Waals surface area contributed by atoms with Crippen LogP contribution in [0.1, 0.15) is 11.4 Å². The maximum Gasteiger partial charge on any atom is 0.271 e. The number of halogens is 1. The van der Waals surface area contributed by atoms with Gasteiger partial charge in [-0.2, -0.15) is 5.10 Å². The molecule has 154 valence electrons. The van der Waals surface area contributed by atoms with E-state index in [1.165, 1.54) is 12.4 Å². The van der Waals surface area contributed by atoms with Crippen molar-refractivity contribution in [1.82, 2.24) is 19.7 Å². The molecule has 4 aromatic rings. The van der Waals surface area contributed by atoms with E-state index in [2.05, 4.69) is 19.8 Å². The molecule has 1 aromatic carbocycles. The molecule has 11 heteroatoms. The molecule has 0 saturated heterocycles. The highest BCUT2D eigenvalue weighted by Crippen LogP contribution is 2.28. The monoisotopic (exact) mass is 461 g/mol. The van der Waals surface area contributed by atoms with E-state index in [-0.39, 0.29) is 4.21 Å². The highest BCUT2D eigenvalue weighted by Gasteiger charge is 2.17. The molecule has 4 rings (SSSR count). The number of benzene rings is 1. The molecule has 0 spiro atoms. The number of rotatable bonds is 6. The van der Waals surface area contributed by atoms with Crippen molar-refractivity contribution < 1.29 is 13.2 Å². The molecule has 3 aromatic heterocycles. The molecule has 0 radical (unpaired) electrons. The second kappa shape index (κ2) is 8.05. The van der Waals surface area contributed by atoms with Crippen LogP contribution in [-0.2, 0) is 10.0 Å². The van der Waals surface area contributed by atoms with Crippen LogP contribution in [0.3, 0.4) is 0 Å². The fraction of sp³-hybridized carbons (Fsp3) is 0.105. The molecule has 0 bridgehead atoms. The number of aryl methyl sites for hydroxylation is 2. The van der Waals surface area contributed by atoms with Gasteiger partial charge in [0.1, 0.15) is 16.3 Å². The Hall–Kier alpha value is -2.95. The molecule has 0 fully saturated rings. The summed E-state index contributed by atoms with van der Waals surface area (Å²) >= 11 is 6.81. The molecule has 1 N–H and O–H groups in total. The fourth-order valence-corrected chi connectivity index (χ4v) is 5.26. The molecule has 0 aliphatic carbocycles. The van der Waals surface area contributed by atoms with Gasteiger partial charge < -0.3 is 4.74 Å². The molecule has 0 saturated carbocycles. The number of anilines is 1. The molecule has 8 nitrogen and oxygen atoms in total. The summed E-state index contributed by atoms with van der Waals surface area (Å²) in [5.74, 6) is 1.42. The number of hydrogen-bond acceptors (Lipinski definition) is 7. The predicted molar refractivity (Wildman–Crippen MR) is 115 cm³/mol. The van der Waals surface area contributed by atoms with Crippen molar-refractivity contribution in [2.45, 2.75) is 18.1 Å². The van der Waals surface area contributed by atoms with Crippen LogP contribution in [0.15, 0.2) is 59.1 Å². The lowest BCUT2D eigenvalue weighted by molar-refractivity contribution is 0.460. The first-order valence-corrected chi connectivity index (χ1v) is 11.4. The van der Waals surface area contributed by atoms with Crippen LogP contribution in [0.25, 0.3) is 5.82 Å². The van der Waals surface area contributed by atoms with Crippen LogP contribution >= 0.6 is 22.9 Å². The van der Waals surface area contributed by atoms with E-state index in [4.69, 9.17) is 16.3 Å². The summed E-state index contributed by atoms with van der Waals surface area (Å²) in [4.78, 5) is 8.36. The Morgan fingerprint density at radius 1 is 1.07 bits per heavy atom. The number of nitrogens with zero attached hydrogens (tertiary/aromatic N) is 4. The predicted octanol–water partition coefficient (Wildman–Crippen LogP) is 4.59. The fourth-order valence-electron chi connectivity index (χ4n) is 2.72. The smallest absolute Gasteiger partial charge is 0.271 e. The Balaban J connectivity index is 1.49. The van der Waals surface area contributed by atoms with Gasteiger partial charge in [-0.3, -0.25) is 4.72 Å². The van der Waals surface area contributed by atoms with Gasteiger partial charge in [-0.1, -0.05) is 11.6 Å². The lowest BCUT2D eigenvalue weighted by Gasteiger charge is -2.09. The Kier molecular flexibility index (Phi) is 5.46. The average molecular weight is 462 g/mol. The van der Waals surface area contributed by atoms with E-state index in [0.717, 1.165) is 22.7 Å². The highest BCUT2D eigenvalue weighted by atomic mass is 35.5. The van der Waals surface area contributed by atoms with Gasteiger partial charge in [0.05, 0.1) is 10.0 Å². The molecule has 0 unspecified atom stereocenters. The van der Waals surface area contributed by atoms with E-state index in [0.29, 0.717) is 27.5 Å². The standard InChI is InChI=1S/C19H16ClN5O3S2/c1-12-9-13(2)25(23-12)17-10-18(22-11-21-17)28-15-5-3-14(4-6-15)24-30(26,27)19-8-7-16(20)29-19/h3-11,24H,1-2H3. The Bertz CT molecular complexity index is 1300. The Morgan fingerprint density at radius 3 is 2.47 bits per heavy atom. The number of sulfonamides is 1. The van der Waals surface area contributed by atoms with Crippen LogP contribution in [0.4, 0.5) is 5.69 Å².